The van der Waals surface area contributed by atoms with E-state index < -0.39 is 0 Å². The fraction of sp³-hybridized carbons (Fsp3) is 0.250. The summed E-state index contributed by atoms with van der Waals surface area (Å²) in [5, 5.41) is 7.35. The molecule has 146 valence electrons. The predicted octanol–water partition coefficient (Wildman–Crippen LogP) is 1.63. The van der Waals surface area contributed by atoms with E-state index in [1.165, 1.54) is 0 Å². The molecule has 4 aromatic rings. The SMILES string of the molecule is Cc1ccc(-n2cnc(C(=O)NC3CCN(c4nccn5ccnc45)C3)n2)cc1. The number of nitrogens with one attached hydrogen (secondary N) is 1. The van der Waals surface area contributed by atoms with Crippen LogP contribution in [0, 0.1) is 6.92 Å². The Hall–Kier alpha value is -3.75. The molecule has 1 aliphatic rings. The van der Waals surface area contributed by atoms with Crippen molar-refractivity contribution in [3.8, 4) is 5.69 Å². The molecule has 29 heavy (non-hydrogen) atoms. The third kappa shape index (κ3) is 3.31. The summed E-state index contributed by atoms with van der Waals surface area (Å²) in [6.45, 7) is 3.50. The number of nitrogens with zero attached hydrogens (tertiary/aromatic N) is 7. The summed E-state index contributed by atoms with van der Waals surface area (Å²) < 4.78 is 3.55. The van der Waals surface area contributed by atoms with Gasteiger partial charge in [-0.25, -0.2) is 19.6 Å². The highest BCUT2D eigenvalue weighted by Gasteiger charge is 2.27. The zero-order chi connectivity index (χ0) is 19.8. The minimum absolute atomic E-state index is 0.00541. The van der Waals surface area contributed by atoms with Crippen molar-refractivity contribution in [3.63, 3.8) is 0 Å². The molecular weight excluding hydrogens is 368 g/mol. The zero-order valence-electron chi connectivity index (χ0n) is 15.9. The number of benzene rings is 1. The molecule has 4 heterocycles. The molecule has 1 aliphatic heterocycles. The lowest BCUT2D eigenvalue weighted by Crippen LogP contribution is -2.37. The number of imidazole rings is 1. The molecule has 1 saturated heterocycles. The molecule has 0 bridgehead atoms. The maximum Gasteiger partial charge on any atom is 0.291 e. The molecule has 1 fully saturated rings. The fourth-order valence-corrected chi connectivity index (χ4v) is 3.57. The van der Waals surface area contributed by atoms with Gasteiger partial charge < -0.3 is 14.6 Å². The molecule has 1 N–H and O–H groups in total. The van der Waals surface area contributed by atoms with Crippen molar-refractivity contribution in [1.29, 1.82) is 0 Å². The van der Waals surface area contributed by atoms with Crippen molar-refractivity contribution in [2.75, 3.05) is 18.0 Å². The Kier molecular flexibility index (Phi) is 4.19. The van der Waals surface area contributed by atoms with Gasteiger partial charge in [-0.1, -0.05) is 17.7 Å². The van der Waals surface area contributed by atoms with Crippen LogP contribution in [0.15, 0.2) is 55.4 Å². The number of rotatable bonds is 4. The van der Waals surface area contributed by atoms with E-state index in [1.807, 2.05) is 48.0 Å². The fourth-order valence-electron chi connectivity index (χ4n) is 3.57. The summed E-state index contributed by atoms with van der Waals surface area (Å²) in [5.41, 5.74) is 2.85. The summed E-state index contributed by atoms with van der Waals surface area (Å²) in [5.74, 6) is 0.725. The second kappa shape index (κ2) is 7.01. The highest BCUT2D eigenvalue weighted by Crippen LogP contribution is 2.22. The van der Waals surface area contributed by atoms with Crippen molar-refractivity contribution in [1.82, 2.24) is 34.4 Å². The van der Waals surface area contributed by atoms with E-state index in [0.717, 1.165) is 35.7 Å². The molecule has 9 nitrogen and oxygen atoms in total. The number of carbonyl (C=O) groups is 1. The summed E-state index contributed by atoms with van der Waals surface area (Å²) in [6.07, 6.45) is 9.67. The van der Waals surface area contributed by atoms with Crippen molar-refractivity contribution in [2.24, 2.45) is 0 Å². The van der Waals surface area contributed by atoms with Gasteiger partial charge >= 0.3 is 0 Å². The minimum Gasteiger partial charge on any atom is -0.351 e. The van der Waals surface area contributed by atoms with Crippen molar-refractivity contribution >= 4 is 17.4 Å². The van der Waals surface area contributed by atoms with Crippen molar-refractivity contribution in [3.05, 3.63) is 66.8 Å². The number of hydrogen-bond donors (Lipinski definition) is 1. The molecule has 1 amide bonds. The summed E-state index contributed by atoms with van der Waals surface area (Å²) in [4.78, 5) is 27.8. The van der Waals surface area contributed by atoms with E-state index in [2.05, 4.69) is 30.3 Å². The van der Waals surface area contributed by atoms with Gasteiger partial charge in [0.05, 0.1) is 5.69 Å². The molecule has 0 radical (unpaired) electrons. The molecule has 3 aromatic heterocycles. The van der Waals surface area contributed by atoms with Gasteiger partial charge in [0.25, 0.3) is 5.91 Å². The Bertz CT molecular complexity index is 1160. The average Bonchev–Trinajstić information content (AvgIpc) is 3.48. The average molecular weight is 388 g/mol. The molecule has 1 aromatic carbocycles. The number of aryl methyl sites for hydroxylation is 1. The highest BCUT2D eigenvalue weighted by atomic mass is 16.2. The van der Waals surface area contributed by atoms with Gasteiger partial charge in [0, 0.05) is 43.9 Å². The zero-order valence-corrected chi connectivity index (χ0v) is 15.9. The smallest absolute Gasteiger partial charge is 0.291 e. The molecule has 0 spiro atoms. The Morgan fingerprint density at radius 2 is 1.90 bits per heavy atom. The normalized spacial score (nSPS) is 16.4. The number of anilines is 1. The maximum absolute atomic E-state index is 12.6. The highest BCUT2D eigenvalue weighted by molar-refractivity contribution is 5.90. The van der Waals surface area contributed by atoms with E-state index in [0.29, 0.717) is 6.54 Å². The van der Waals surface area contributed by atoms with Crippen LogP contribution in [0.5, 0.6) is 0 Å². The van der Waals surface area contributed by atoms with Crippen LogP contribution in [0.25, 0.3) is 11.3 Å². The molecule has 0 aliphatic carbocycles. The van der Waals surface area contributed by atoms with Crippen LogP contribution in [-0.4, -0.2) is 54.2 Å². The largest absolute Gasteiger partial charge is 0.351 e. The van der Waals surface area contributed by atoms with E-state index >= 15 is 0 Å². The Labute approximate surface area is 167 Å². The van der Waals surface area contributed by atoms with E-state index in [-0.39, 0.29) is 17.8 Å². The van der Waals surface area contributed by atoms with Gasteiger partial charge in [-0.2, -0.15) is 0 Å². The Balaban J connectivity index is 1.26. The molecular formula is C20H20N8O. The van der Waals surface area contributed by atoms with Crippen LogP contribution in [0.3, 0.4) is 0 Å². The first-order valence-corrected chi connectivity index (χ1v) is 9.49. The Morgan fingerprint density at radius 3 is 2.72 bits per heavy atom. The lowest BCUT2D eigenvalue weighted by Gasteiger charge is -2.18. The first kappa shape index (κ1) is 17.4. The summed E-state index contributed by atoms with van der Waals surface area (Å²) in [6, 6.07) is 7.90. The number of hydrogen-bond acceptors (Lipinski definition) is 6. The standard InChI is InChI=1S/C20H20N8O/c1-14-2-4-16(5-3-14)28-13-23-17(25-28)20(29)24-15-6-9-27(12-15)19-18-21-7-10-26(18)11-8-22-19/h2-5,7-8,10-11,13,15H,6,9,12H2,1H3,(H,24,29). The second-order valence-corrected chi connectivity index (χ2v) is 7.16. The molecule has 1 atom stereocenters. The third-order valence-electron chi connectivity index (χ3n) is 5.11. The van der Waals surface area contributed by atoms with Crippen LogP contribution in [-0.2, 0) is 0 Å². The molecule has 9 heteroatoms. The first-order valence-electron chi connectivity index (χ1n) is 9.49. The number of amides is 1. The van der Waals surface area contributed by atoms with Gasteiger partial charge in [0.15, 0.2) is 11.5 Å². The topological polar surface area (TPSA) is 93.2 Å². The van der Waals surface area contributed by atoms with Gasteiger partial charge in [-0.3, -0.25) is 4.79 Å². The quantitative estimate of drug-likeness (QED) is 0.571. The van der Waals surface area contributed by atoms with Gasteiger partial charge in [-0.05, 0) is 25.5 Å². The third-order valence-corrected chi connectivity index (χ3v) is 5.11. The molecule has 1 unspecified atom stereocenters. The number of aromatic nitrogens is 6. The maximum atomic E-state index is 12.6. The number of fused-ring (bicyclic) bond motifs is 1. The van der Waals surface area contributed by atoms with E-state index in [9.17, 15) is 4.79 Å². The molecule has 0 saturated carbocycles. The lowest BCUT2D eigenvalue weighted by atomic mass is 10.2. The monoisotopic (exact) mass is 388 g/mol. The van der Waals surface area contributed by atoms with Gasteiger partial charge in [-0.15, -0.1) is 5.10 Å². The second-order valence-electron chi connectivity index (χ2n) is 7.16. The van der Waals surface area contributed by atoms with Crippen LogP contribution >= 0.6 is 0 Å². The van der Waals surface area contributed by atoms with Crippen molar-refractivity contribution < 1.29 is 4.79 Å². The lowest BCUT2D eigenvalue weighted by molar-refractivity contribution is 0.0930. The number of carbonyl (C=O) groups excluding carboxylic acids is 1. The Morgan fingerprint density at radius 1 is 1.10 bits per heavy atom. The summed E-state index contributed by atoms with van der Waals surface area (Å²) >= 11 is 0. The van der Waals surface area contributed by atoms with Crippen LogP contribution in [0.4, 0.5) is 5.82 Å². The summed E-state index contributed by atoms with van der Waals surface area (Å²) in [7, 11) is 0. The van der Waals surface area contributed by atoms with E-state index in [1.54, 1.807) is 23.4 Å². The van der Waals surface area contributed by atoms with Crippen LogP contribution in [0.1, 0.15) is 22.6 Å². The van der Waals surface area contributed by atoms with E-state index in [4.69, 9.17) is 0 Å². The van der Waals surface area contributed by atoms with Crippen molar-refractivity contribution in [2.45, 2.75) is 19.4 Å². The van der Waals surface area contributed by atoms with Crippen LogP contribution < -0.4 is 10.2 Å². The predicted molar refractivity (Wildman–Crippen MR) is 107 cm³/mol. The molecule has 5 rings (SSSR count). The minimum atomic E-state index is -0.269. The van der Waals surface area contributed by atoms with Crippen LogP contribution in [0.2, 0.25) is 0 Å². The first-order chi connectivity index (χ1) is 14.2. The van der Waals surface area contributed by atoms with Gasteiger partial charge in [0.2, 0.25) is 5.82 Å². The van der Waals surface area contributed by atoms with Gasteiger partial charge in [0.1, 0.15) is 6.33 Å².